The molecule has 0 bridgehead atoms. The van der Waals surface area contributed by atoms with E-state index < -0.39 is 0 Å². The van der Waals surface area contributed by atoms with Gasteiger partial charge in [0.1, 0.15) is 12.1 Å². The summed E-state index contributed by atoms with van der Waals surface area (Å²) in [4.78, 5) is 4.75. The molecule has 118 valence electrons. The van der Waals surface area contributed by atoms with Crippen molar-refractivity contribution in [1.29, 1.82) is 0 Å². The van der Waals surface area contributed by atoms with Crippen molar-refractivity contribution in [2.75, 3.05) is 36.8 Å². The van der Waals surface area contributed by atoms with Crippen LogP contribution in [0.3, 0.4) is 0 Å². The van der Waals surface area contributed by atoms with Crippen molar-refractivity contribution >= 4 is 17.2 Å². The maximum atomic E-state index is 5.85. The van der Waals surface area contributed by atoms with Crippen LogP contribution in [0.4, 0.5) is 11.5 Å². The van der Waals surface area contributed by atoms with Gasteiger partial charge in [0.25, 0.3) is 0 Å². The quantitative estimate of drug-likeness (QED) is 0.728. The fourth-order valence-electron chi connectivity index (χ4n) is 2.97. The number of anilines is 2. The lowest BCUT2D eigenvalue weighted by atomic mass is 10.2. The van der Waals surface area contributed by atoms with Crippen LogP contribution in [0.2, 0.25) is 0 Å². The van der Waals surface area contributed by atoms with E-state index in [0.29, 0.717) is 0 Å². The first kappa shape index (κ1) is 14.0. The van der Waals surface area contributed by atoms with E-state index in [4.69, 9.17) is 5.73 Å². The highest BCUT2D eigenvalue weighted by molar-refractivity contribution is 5.45. The first-order chi connectivity index (χ1) is 11.3. The molecule has 1 aliphatic rings. The van der Waals surface area contributed by atoms with Crippen LogP contribution in [0.25, 0.3) is 5.65 Å². The Morgan fingerprint density at radius 2 is 1.91 bits per heavy atom. The van der Waals surface area contributed by atoms with Crippen LogP contribution >= 0.6 is 0 Å². The molecule has 1 aromatic carbocycles. The van der Waals surface area contributed by atoms with Gasteiger partial charge in [-0.15, -0.1) is 15.3 Å². The van der Waals surface area contributed by atoms with Gasteiger partial charge in [0.2, 0.25) is 0 Å². The molecule has 0 spiro atoms. The highest BCUT2D eigenvalue weighted by atomic mass is 15.4. The number of nitrogens with zero attached hydrogens (tertiary/aromatic N) is 6. The summed E-state index contributed by atoms with van der Waals surface area (Å²) in [6.07, 6.45) is 1.63. The van der Waals surface area contributed by atoms with Crippen LogP contribution < -0.4 is 10.6 Å². The third-order valence-corrected chi connectivity index (χ3v) is 4.20. The molecule has 0 unspecified atom stereocenters. The maximum absolute atomic E-state index is 5.85. The molecule has 0 amide bonds. The number of benzene rings is 1. The van der Waals surface area contributed by atoms with Crippen LogP contribution in [0.15, 0.2) is 42.7 Å². The largest absolute Gasteiger partial charge is 0.399 e. The number of hydrogen-bond acceptors (Lipinski definition) is 6. The van der Waals surface area contributed by atoms with Crippen molar-refractivity contribution in [3.63, 3.8) is 0 Å². The number of nitrogens with two attached hydrogens (primary N) is 1. The summed E-state index contributed by atoms with van der Waals surface area (Å²) in [5, 5.41) is 12.4. The zero-order valence-electron chi connectivity index (χ0n) is 12.8. The predicted molar refractivity (Wildman–Crippen MR) is 89.1 cm³/mol. The lowest BCUT2D eigenvalue weighted by Gasteiger charge is -2.35. The van der Waals surface area contributed by atoms with E-state index in [0.717, 1.165) is 49.9 Å². The minimum absolute atomic E-state index is 0.772. The Labute approximate surface area is 134 Å². The number of rotatable bonds is 3. The second kappa shape index (κ2) is 5.85. The minimum atomic E-state index is 0.772. The second-order valence-electron chi connectivity index (χ2n) is 5.83. The zero-order valence-corrected chi connectivity index (χ0v) is 12.8. The van der Waals surface area contributed by atoms with Crippen molar-refractivity contribution in [2.24, 2.45) is 0 Å². The van der Waals surface area contributed by atoms with Crippen molar-refractivity contribution in [1.82, 2.24) is 24.7 Å². The summed E-state index contributed by atoms with van der Waals surface area (Å²) in [5.74, 6) is 0.973. The van der Waals surface area contributed by atoms with Gasteiger partial charge in [-0.05, 0) is 29.8 Å². The number of hydrogen-bond donors (Lipinski definition) is 1. The average molecular weight is 309 g/mol. The smallest absolute Gasteiger partial charge is 0.177 e. The van der Waals surface area contributed by atoms with E-state index in [1.807, 2.05) is 30.3 Å². The number of fused-ring (bicyclic) bond motifs is 1. The second-order valence-corrected chi connectivity index (χ2v) is 5.83. The molecule has 4 rings (SSSR count). The molecule has 2 N–H and O–H groups in total. The topological polar surface area (TPSA) is 75.6 Å². The van der Waals surface area contributed by atoms with Gasteiger partial charge in [-0.2, -0.15) is 4.52 Å². The van der Waals surface area contributed by atoms with Gasteiger partial charge in [0.05, 0.1) is 0 Å². The summed E-state index contributed by atoms with van der Waals surface area (Å²) >= 11 is 0. The molecular formula is C16H19N7. The first-order valence-electron chi connectivity index (χ1n) is 7.77. The number of nitrogen functional groups attached to an aromatic ring is 1. The van der Waals surface area contributed by atoms with Crippen molar-refractivity contribution in [3.05, 3.63) is 48.3 Å². The Hall–Kier alpha value is -2.67. The standard InChI is InChI=1S/C16H19N7/c17-14-3-1-2-13(10-14)11-21-6-8-22(9-7-21)16-5-4-15-19-18-12-23(15)20-16/h1-5,10,12H,6-9,11,17H2. The summed E-state index contributed by atoms with van der Waals surface area (Å²) in [6.45, 7) is 4.88. The van der Waals surface area contributed by atoms with Crippen LogP contribution in [-0.2, 0) is 6.54 Å². The van der Waals surface area contributed by atoms with Gasteiger partial charge >= 0.3 is 0 Å². The van der Waals surface area contributed by atoms with E-state index >= 15 is 0 Å². The normalized spacial score (nSPS) is 16.1. The van der Waals surface area contributed by atoms with Crippen LogP contribution in [0, 0.1) is 0 Å². The number of aromatic nitrogens is 4. The van der Waals surface area contributed by atoms with Gasteiger partial charge in [-0.1, -0.05) is 12.1 Å². The molecule has 0 saturated carbocycles. The molecular weight excluding hydrogens is 290 g/mol. The van der Waals surface area contributed by atoms with Crippen LogP contribution in [0.5, 0.6) is 0 Å². The molecule has 1 fully saturated rings. The lowest BCUT2D eigenvalue weighted by molar-refractivity contribution is 0.249. The van der Waals surface area contributed by atoms with E-state index in [9.17, 15) is 0 Å². The third-order valence-electron chi connectivity index (χ3n) is 4.20. The summed E-state index contributed by atoms with van der Waals surface area (Å²) in [6, 6.07) is 12.1. The SMILES string of the molecule is Nc1cccc(CN2CCN(c3ccc4nncn4n3)CC2)c1. The predicted octanol–water partition coefficient (Wildman–Crippen LogP) is 1.03. The summed E-state index contributed by atoms with van der Waals surface area (Å²) < 4.78 is 1.72. The van der Waals surface area contributed by atoms with E-state index in [2.05, 4.69) is 31.2 Å². The van der Waals surface area contributed by atoms with Crippen LogP contribution in [-0.4, -0.2) is 50.9 Å². The van der Waals surface area contributed by atoms with Crippen molar-refractivity contribution in [2.45, 2.75) is 6.54 Å². The molecule has 3 heterocycles. The third kappa shape index (κ3) is 2.95. The van der Waals surface area contributed by atoms with Gasteiger partial charge in [-0.3, -0.25) is 4.90 Å². The molecule has 0 atom stereocenters. The molecule has 7 heteroatoms. The number of piperazine rings is 1. The average Bonchev–Trinajstić information content (AvgIpc) is 3.03. The Morgan fingerprint density at radius 1 is 1.04 bits per heavy atom. The monoisotopic (exact) mass is 309 g/mol. The molecule has 0 aliphatic carbocycles. The van der Waals surface area contributed by atoms with Gasteiger partial charge in [0, 0.05) is 38.4 Å². The fraction of sp³-hybridized carbons (Fsp3) is 0.312. The van der Waals surface area contributed by atoms with Crippen LogP contribution in [0.1, 0.15) is 5.56 Å². The van der Waals surface area contributed by atoms with E-state index in [-0.39, 0.29) is 0 Å². The summed E-state index contributed by atoms with van der Waals surface area (Å²) in [5.41, 5.74) is 8.72. The molecule has 2 aromatic heterocycles. The molecule has 7 nitrogen and oxygen atoms in total. The molecule has 3 aromatic rings. The van der Waals surface area contributed by atoms with Crippen molar-refractivity contribution in [3.8, 4) is 0 Å². The highest BCUT2D eigenvalue weighted by Crippen LogP contribution is 2.16. The maximum Gasteiger partial charge on any atom is 0.177 e. The molecule has 0 radical (unpaired) electrons. The highest BCUT2D eigenvalue weighted by Gasteiger charge is 2.18. The van der Waals surface area contributed by atoms with E-state index in [1.165, 1.54) is 5.56 Å². The molecule has 1 saturated heterocycles. The lowest BCUT2D eigenvalue weighted by Crippen LogP contribution is -2.46. The first-order valence-corrected chi connectivity index (χ1v) is 7.77. The Morgan fingerprint density at radius 3 is 2.74 bits per heavy atom. The van der Waals surface area contributed by atoms with Gasteiger partial charge in [-0.25, -0.2) is 0 Å². The fourth-order valence-corrected chi connectivity index (χ4v) is 2.97. The minimum Gasteiger partial charge on any atom is -0.399 e. The zero-order chi connectivity index (χ0) is 15.6. The Balaban J connectivity index is 1.40. The van der Waals surface area contributed by atoms with Gasteiger partial charge < -0.3 is 10.6 Å². The molecule has 1 aliphatic heterocycles. The van der Waals surface area contributed by atoms with E-state index in [1.54, 1.807) is 10.8 Å². The Kier molecular flexibility index (Phi) is 3.55. The van der Waals surface area contributed by atoms with Gasteiger partial charge in [0.15, 0.2) is 5.65 Å². The molecule has 23 heavy (non-hydrogen) atoms. The Bertz CT molecular complexity index is 805. The van der Waals surface area contributed by atoms with Crippen molar-refractivity contribution < 1.29 is 0 Å². The summed E-state index contributed by atoms with van der Waals surface area (Å²) in [7, 11) is 0.